The summed E-state index contributed by atoms with van der Waals surface area (Å²) in [7, 11) is 2.07. The first-order chi connectivity index (χ1) is 26.9. The lowest BCUT2D eigenvalue weighted by molar-refractivity contribution is -0.174. The topological polar surface area (TPSA) is 124 Å². The van der Waals surface area contributed by atoms with E-state index in [-0.39, 0.29) is 41.2 Å². The number of ketones is 1. The summed E-state index contributed by atoms with van der Waals surface area (Å²) in [6.45, 7) is 16.4. The van der Waals surface area contributed by atoms with Gasteiger partial charge in [0.2, 0.25) is 0 Å². The largest absolute Gasteiger partial charge is 0.452 e. The van der Waals surface area contributed by atoms with Gasteiger partial charge in [-0.15, -0.1) is 0 Å². The fraction of sp³-hybridized carbons (Fsp3) is 0.959. The van der Waals surface area contributed by atoms with E-state index in [1.807, 2.05) is 0 Å². The molecule has 8 fully saturated rings. The van der Waals surface area contributed by atoms with Crippen molar-refractivity contribution in [2.75, 3.05) is 0 Å². The quantitative estimate of drug-likeness (QED) is 0.180. The predicted octanol–water partition coefficient (Wildman–Crippen LogP) is 9.71. The molecule has 8 heteroatoms. The van der Waals surface area contributed by atoms with Gasteiger partial charge < -0.3 is 29.7 Å². The predicted molar refractivity (Wildman–Crippen MR) is 229 cm³/mol. The smallest absolute Gasteiger partial charge is 0.307 e. The van der Waals surface area contributed by atoms with Crippen LogP contribution in [0, 0.1) is 92.7 Å². The summed E-state index contributed by atoms with van der Waals surface area (Å²) in [6, 6.07) is 0. The monoisotopic (exact) mass is 815 g/mol. The second-order valence-corrected chi connectivity index (χ2v) is 23.4. The zero-order chi connectivity index (χ0) is 41.2. The lowest BCUT2D eigenvalue weighted by Crippen LogP contribution is -2.58. The molecule has 0 aromatic heterocycles. The Bertz CT molecular complexity index is 1440. The molecule has 0 aliphatic heterocycles. The van der Waals surface area contributed by atoms with Crippen molar-refractivity contribution >= 4 is 21.2 Å². The van der Waals surface area contributed by atoms with Gasteiger partial charge in [-0.2, -0.15) is 0 Å². The van der Waals surface area contributed by atoms with E-state index in [0.29, 0.717) is 94.0 Å². The number of rotatable bonds is 8. The molecule has 0 amide bonds. The van der Waals surface area contributed by atoms with Crippen LogP contribution in [0.2, 0.25) is 0 Å². The van der Waals surface area contributed by atoms with E-state index >= 15 is 0 Å². The van der Waals surface area contributed by atoms with Crippen molar-refractivity contribution in [3.63, 3.8) is 0 Å². The molecule has 8 rings (SSSR count). The van der Waals surface area contributed by atoms with E-state index in [0.717, 1.165) is 70.6 Å². The van der Waals surface area contributed by atoms with E-state index in [4.69, 9.17) is 4.52 Å². The van der Waals surface area contributed by atoms with Crippen LogP contribution < -0.4 is 0 Å². The van der Waals surface area contributed by atoms with Crippen LogP contribution in [0.5, 0.6) is 0 Å². The zero-order valence-corrected chi connectivity index (χ0v) is 38.1. The van der Waals surface area contributed by atoms with Crippen LogP contribution in [-0.2, 0) is 14.1 Å². The van der Waals surface area contributed by atoms with Crippen LogP contribution in [0.1, 0.15) is 177 Å². The standard InChI is InChI=1S/C25H42O3.C24H41O4P/c1-15(5-6-16(2)26)19-7-8-20-23-21(10-12-25(19,20)4)24(3)11-9-18(27)13-17(24)14-22(23)28;1-14(4-7-21(27)28-29)17-5-6-18-22-19(9-11-24(17,18)3)23(2)10-8-16(25)12-15(23)13-20(22)26/h15,17-23,27-28H,5-14H2,1-4H3;14-20,22,25-26H,4-13,29H2,1-3H3/t15-,17+,18-,19-,20?,21?,22-,23?,24+,25-;14-,15+,16-,17-,18?,19?,20-,22?,23+,24-/m11/s1. The first-order valence-corrected chi connectivity index (χ1v) is 24.5. The molecule has 0 spiro atoms. The summed E-state index contributed by atoms with van der Waals surface area (Å²) in [6.07, 6.45) is 20.0. The highest BCUT2D eigenvalue weighted by molar-refractivity contribution is 7.10. The molecule has 57 heavy (non-hydrogen) atoms. The molecule has 8 saturated carbocycles. The summed E-state index contributed by atoms with van der Waals surface area (Å²) >= 11 is 0. The van der Waals surface area contributed by atoms with Crippen molar-refractivity contribution in [1.29, 1.82) is 0 Å². The maximum atomic E-state index is 11.6. The molecule has 0 bridgehead atoms. The van der Waals surface area contributed by atoms with E-state index in [2.05, 4.69) is 51.0 Å². The maximum Gasteiger partial charge on any atom is 0.307 e. The van der Waals surface area contributed by atoms with Crippen LogP contribution in [0.25, 0.3) is 0 Å². The first-order valence-electron chi connectivity index (χ1n) is 24.0. The molecule has 8 aliphatic rings. The molecule has 4 N–H and O–H groups in total. The van der Waals surface area contributed by atoms with Gasteiger partial charge in [0.25, 0.3) is 0 Å². The number of carbonyl (C=O) groups excluding carboxylic acids is 2. The van der Waals surface area contributed by atoms with Crippen LogP contribution in [0.15, 0.2) is 0 Å². The van der Waals surface area contributed by atoms with Crippen molar-refractivity contribution in [3.8, 4) is 0 Å². The Hall–Kier alpha value is -0.590. The molecule has 7 nitrogen and oxygen atoms in total. The van der Waals surface area contributed by atoms with Crippen LogP contribution in [0.3, 0.4) is 0 Å². The number of Topliss-reactive ketones (excluding diaryl/α,β-unsaturated/α-hetero) is 1. The molecule has 0 heterocycles. The van der Waals surface area contributed by atoms with Gasteiger partial charge in [-0.1, -0.05) is 41.5 Å². The van der Waals surface area contributed by atoms with Gasteiger partial charge in [0.05, 0.1) is 33.9 Å². The van der Waals surface area contributed by atoms with Gasteiger partial charge in [0.1, 0.15) is 5.78 Å². The van der Waals surface area contributed by atoms with Gasteiger partial charge in [-0.05, 0) is 215 Å². The second-order valence-electron chi connectivity index (χ2n) is 23.1. The SMILES string of the molecule is CC(=O)CC[C@@H](C)[C@H]1CCC2C3C(CC[C@@]21C)[C@@]1(C)CC[C@@H](O)C[C@H]1C[C@H]3O.C[C@H](CCC(=O)OP)[C@H]1CCC2C3C(CC[C@@]21C)[C@@]1(C)CC[C@@H](O)C[C@H]1C[C@H]3O. The van der Waals surface area contributed by atoms with E-state index in [1.165, 1.54) is 51.4 Å². The lowest BCUT2D eigenvalue weighted by Gasteiger charge is -2.62. The Morgan fingerprint density at radius 1 is 0.579 bits per heavy atom. The average Bonchev–Trinajstić information content (AvgIpc) is 3.71. The number of carbonyl (C=O) groups is 2. The third-order valence-corrected chi connectivity index (χ3v) is 21.0. The van der Waals surface area contributed by atoms with E-state index in [9.17, 15) is 30.0 Å². The van der Waals surface area contributed by atoms with Gasteiger partial charge >= 0.3 is 5.97 Å². The number of aliphatic hydroxyl groups excluding tert-OH is 4. The Labute approximate surface area is 348 Å². The summed E-state index contributed by atoms with van der Waals surface area (Å²) in [4.78, 5) is 23.1. The minimum Gasteiger partial charge on any atom is -0.452 e. The van der Waals surface area contributed by atoms with Crippen LogP contribution in [-0.4, -0.2) is 56.6 Å². The highest BCUT2D eigenvalue weighted by atomic mass is 31.0. The van der Waals surface area contributed by atoms with Gasteiger partial charge in [0.15, 0.2) is 0 Å². The fourth-order valence-corrected chi connectivity index (χ4v) is 17.7. The minimum absolute atomic E-state index is 0.133. The zero-order valence-electron chi connectivity index (χ0n) is 37.0. The molecule has 21 atom stereocenters. The van der Waals surface area contributed by atoms with Crippen molar-refractivity contribution in [2.24, 2.45) is 92.7 Å². The van der Waals surface area contributed by atoms with E-state index < -0.39 is 0 Å². The van der Waals surface area contributed by atoms with Crippen molar-refractivity contribution in [3.05, 3.63) is 0 Å². The molecular weight excluding hydrogens is 732 g/mol. The summed E-state index contributed by atoms with van der Waals surface area (Å²) in [5, 5.41) is 43.0. The van der Waals surface area contributed by atoms with E-state index in [1.54, 1.807) is 6.92 Å². The minimum atomic E-state index is -0.214. The third kappa shape index (κ3) is 7.90. The normalized spacial score (nSPS) is 50.9. The maximum absolute atomic E-state index is 11.6. The third-order valence-electron chi connectivity index (χ3n) is 20.7. The number of fused-ring (bicyclic) bond motifs is 10. The molecule has 0 aromatic carbocycles. The second kappa shape index (κ2) is 16.9. The van der Waals surface area contributed by atoms with Crippen LogP contribution >= 0.6 is 9.47 Å². The van der Waals surface area contributed by atoms with Gasteiger partial charge in [0, 0.05) is 12.8 Å². The molecule has 8 aliphatic carbocycles. The molecule has 0 saturated heterocycles. The van der Waals surface area contributed by atoms with Crippen molar-refractivity contribution in [2.45, 2.75) is 201 Å². The van der Waals surface area contributed by atoms with Crippen LogP contribution in [0.4, 0.5) is 0 Å². The molecule has 7 unspecified atom stereocenters. The Morgan fingerprint density at radius 3 is 1.37 bits per heavy atom. The Balaban J connectivity index is 0.000000174. The highest BCUT2D eigenvalue weighted by Gasteiger charge is 2.64. The van der Waals surface area contributed by atoms with Crippen molar-refractivity contribution < 1.29 is 34.5 Å². The number of aliphatic hydroxyl groups is 4. The average molecular weight is 815 g/mol. The fourth-order valence-electron chi connectivity index (χ4n) is 17.6. The molecule has 326 valence electrons. The van der Waals surface area contributed by atoms with Gasteiger partial charge in [-0.25, -0.2) is 0 Å². The number of hydrogen-bond donors (Lipinski definition) is 4. The summed E-state index contributed by atoms with van der Waals surface area (Å²) in [5.41, 5.74) is 1.21. The summed E-state index contributed by atoms with van der Waals surface area (Å²) in [5.74, 6) is 6.91. The molecular formula is C49H83O7P. The number of hydrogen-bond acceptors (Lipinski definition) is 7. The molecule has 0 radical (unpaired) electrons. The Kier molecular flexibility index (Phi) is 13.2. The Morgan fingerprint density at radius 2 is 0.965 bits per heavy atom. The lowest BCUT2D eigenvalue weighted by atomic mass is 9.43. The summed E-state index contributed by atoms with van der Waals surface area (Å²) < 4.78 is 4.78. The van der Waals surface area contributed by atoms with Gasteiger partial charge in [-0.3, -0.25) is 4.79 Å². The highest BCUT2D eigenvalue weighted by Crippen LogP contribution is 2.70. The first kappa shape index (κ1) is 44.5. The van der Waals surface area contributed by atoms with Crippen molar-refractivity contribution in [1.82, 2.24) is 0 Å². The molecule has 0 aromatic rings.